The highest BCUT2D eigenvalue weighted by atomic mass is 32.2. The largest absolute Gasteiger partial charge is 0.383 e. The number of nitrogens with zero attached hydrogens (tertiary/aromatic N) is 3. The first-order valence-electron chi connectivity index (χ1n) is 10.2. The summed E-state index contributed by atoms with van der Waals surface area (Å²) in [5.74, 6) is 0.269. The molecule has 0 bridgehead atoms. The minimum atomic E-state index is -0.0531. The van der Waals surface area contributed by atoms with E-state index in [1.54, 1.807) is 17.7 Å². The monoisotopic (exact) mass is 427 g/mol. The topological polar surface area (TPSA) is 66.1 Å². The summed E-state index contributed by atoms with van der Waals surface area (Å²) in [6.45, 7) is 9.32. The molecule has 1 atom stereocenters. The molecular formula is C23H29N3O3S. The molecule has 0 N–H and O–H groups in total. The van der Waals surface area contributed by atoms with Gasteiger partial charge in [0.25, 0.3) is 5.56 Å². The molecule has 0 saturated heterocycles. The lowest BCUT2D eigenvalue weighted by molar-refractivity contribution is 0.102. The minimum absolute atomic E-state index is 0.00585. The third kappa shape index (κ3) is 4.37. The SMILES string of the molecule is CC[C@@H](C)n1c(SCC(=O)c2cc(C)n(CCOC)c2C)nc2ccccc2c1=O. The van der Waals surface area contributed by atoms with E-state index in [-0.39, 0.29) is 23.1 Å². The van der Waals surface area contributed by atoms with Crippen LogP contribution in [0.25, 0.3) is 10.9 Å². The van der Waals surface area contributed by atoms with Gasteiger partial charge in [0.1, 0.15) is 0 Å². The minimum Gasteiger partial charge on any atom is -0.383 e. The Kier molecular flexibility index (Phi) is 7.15. The average Bonchev–Trinajstić information content (AvgIpc) is 3.03. The van der Waals surface area contributed by atoms with Crippen molar-refractivity contribution in [2.45, 2.75) is 51.9 Å². The maximum Gasteiger partial charge on any atom is 0.262 e. The summed E-state index contributed by atoms with van der Waals surface area (Å²) in [6, 6.07) is 9.30. The smallest absolute Gasteiger partial charge is 0.262 e. The first-order valence-corrected chi connectivity index (χ1v) is 11.2. The van der Waals surface area contributed by atoms with E-state index in [2.05, 4.69) is 4.57 Å². The van der Waals surface area contributed by atoms with Crippen molar-refractivity contribution < 1.29 is 9.53 Å². The van der Waals surface area contributed by atoms with Gasteiger partial charge in [-0.1, -0.05) is 30.8 Å². The van der Waals surface area contributed by atoms with Gasteiger partial charge in [0.15, 0.2) is 10.9 Å². The van der Waals surface area contributed by atoms with Gasteiger partial charge in [0, 0.05) is 36.6 Å². The zero-order valence-corrected chi connectivity index (χ0v) is 19.1. The standard InChI is InChI=1S/C23H29N3O3S/c1-6-15(2)26-22(28)18-9-7-8-10-20(18)24-23(26)30-14-21(27)19-13-16(3)25(17(19)4)11-12-29-5/h7-10,13,15H,6,11-12,14H2,1-5H3/t15-/m1/s1. The quantitative estimate of drug-likeness (QED) is 0.288. The van der Waals surface area contributed by atoms with Crippen LogP contribution in [0.15, 0.2) is 40.3 Å². The van der Waals surface area contributed by atoms with Crippen LogP contribution in [0.3, 0.4) is 0 Å². The number of aryl methyl sites for hydroxylation is 1. The maximum absolute atomic E-state index is 13.1. The summed E-state index contributed by atoms with van der Waals surface area (Å²) in [7, 11) is 1.67. The van der Waals surface area contributed by atoms with Gasteiger partial charge in [-0.25, -0.2) is 4.98 Å². The van der Waals surface area contributed by atoms with E-state index in [4.69, 9.17) is 9.72 Å². The number of para-hydroxylation sites is 1. The molecule has 0 unspecified atom stereocenters. The van der Waals surface area contributed by atoms with Crippen LogP contribution in [0.4, 0.5) is 0 Å². The second-order valence-corrected chi connectivity index (χ2v) is 8.43. The summed E-state index contributed by atoms with van der Waals surface area (Å²) < 4.78 is 9.00. The highest BCUT2D eigenvalue weighted by Crippen LogP contribution is 2.24. The molecule has 0 fully saturated rings. The lowest BCUT2D eigenvalue weighted by Gasteiger charge is -2.18. The van der Waals surface area contributed by atoms with Gasteiger partial charge in [-0.05, 0) is 45.4 Å². The average molecular weight is 428 g/mol. The number of aromatic nitrogens is 3. The molecule has 0 aliphatic heterocycles. The Morgan fingerprint density at radius 3 is 2.70 bits per heavy atom. The van der Waals surface area contributed by atoms with Crippen LogP contribution in [0.2, 0.25) is 0 Å². The van der Waals surface area contributed by atoms with Crippen molar-refractivity contribution in [3.05, 3.63) is 57.6 Å². The van der Waals surface area contributed by atoms with Gasteiger partial charge in [0.05, 0.1) is 23.3 Å². The van der Waals surface area contributed by atoms with Crippen LogP contribution >= 0.6 is 11.8 Å². The predicted octanol–water partition coefficient (Wildman–Crippen LogP) is 4.41. The van der Waals surface area contributed by atoms with Crippen molar-refractivity contribution in [3.8, 4) is 0 Å². The van der Waals surface area contributed by atoms with Gasteiger partial charge in [-0.15, -0.1) is 0 Å². The fourth-order valence-corrected chi connectivity index (χ4v) is 4.60. The molecule has 0 aliphatic carbocycles. The second kappa shape index (κ2) is 9.62. The van der Waals surface area contributed by atoms with Crippen LogP contribution in [0.5, 0.6) is 0 Å². The maximum atomic E-state index is 13.1. The molecule has 1 aromatic carbocycles. The molecule has 2 heterocycles. The third-order valence-corrected chi connectivity index (χ3v) is 6.49. The Morgan fingerprint density at radius 1 is 1.27 bits per heavy atom. The number of hydrogen-bond acceptors (Lipinski definition) is 5. The van der Waals surface area contributed by atoms with Crippen LogP contribution in [0, 0.1) is 13.8 Å². The second-order valence-electron chi connectivity index (χ2n) is 7.49. The summed E-state index contributed by atoms with van der Waals surface area (Å²) >= 11 is 1.33. The molecular weight excluding hydrogens is 398 g/mol. The molecule has 7 heteroatoms. The number of carbonyl (C=O) groups is 1. The lowest BCUT2D eigenvalue weighted by Crippen LogP contribution is -2.26. The number of fused-ring (bicyclic) bond motifs is 1. The van der Waals surface area contributed by atoms with E-state index >= 15 is 0 Å². The molecule has 0 radical (unpaired) electrons. The van der Waals surface area contributed by atoms with Crippen LogP contribution in [-0.4, -0.2) is 39.4 Å². The fraction of sp³-hybridized carbons (Fsp3) is 0.435. The number of ketones is 1. The van der Waals surface area contributed by atoms with Crippen molar-refractivity contribution in [2.75, 3.05) is 19.5 Å². The Morgan fingerprint density at radius 2 is 2.00 bits per heavy atom. The van der Waals surface area contributed by atoms with Crippen molar-refractivity contribution in [1.29, 1.82) is 0 Å². The Labute approximate surface area is 181 Å². The lowest BCUT2D eigenvalue weighted by atomic mass is 10.2. The number of thioether (sulfide) groups is 1. The number of rotatable bonds is 9. The summed E-state index contributed by atoms with van der Waals surface area (Å²) in [6.07, 6.45) is 0.808. The first kappa shape index (κ1) is 22.3. The van der Waals surface area contributed by atoms with Crippen LogP contribution < -0.4 is 5.56 Å². The van der Waals surface area contributed by atoms with E-state index in [1.807, 2.05) is 52.0 Å². The van der Waals surface area contributed by atoms with Crippen molar-refractivity contribution in [2.24, 2.45) is 0 Å². The van der Waals surface area contributed by atoms with Crippen LogP contribution in [0.1, 0.15) is 48.1 Å². The summed E-state index contributed by atoms with van der Waals surface area (Å²) in [4.78, 5) is 30.8. The molecule has 6 nitrogen and oxygen atoms in total. The summed E-state index contributed by atoms with van der Waals surface area (Å²) in [5, 5.41) is 1.20. The van der Waals surface area contributed by atoms with Crippen molar-refractivity contribution >= 4 is 28.4 Å². The zero-order chi connectivity index (χ0) is 21.8. The van der Waals surface area contributed by atoms with Crippen LogP contribution in [-0.2, 0) is 11.3 Å². The van der Waals surface area contributed by atoms with E-state index in [0.29, 0.717) is 34.8 Å². The van der Waals surface area contributed by atoms with Gasteiger partial charge in [-0.3, -0.25) is 14.2 Å². The highest BCUT2D eigenvalue weighted by molar-refractivity contribution is 7.99. The number of benzene rings is 1. The third-order valence-electron chi connectivity index (χ3n) is 5.53. The van der Waals surface area contributed by atoms with Gasteiger partial charge < -0.3 is 9.30 Å². The fourth-order valence-electron chi connectivity index (χ4n) is 3.62. The molecule has 160 valence electrons. The normalized spacial score (nSPS) is 12.4. The molecule has 3 rings (SSSR count). The molecule has 0 aliphatic rings. The number of Topliss-reactive ketones (excluding diaryl/α,β-unsaturated/α-hetero) is 1. The first-order chi connectivity index (χ1) is 14.4. The number of methoxy groups -OCH3 is 1. The van der Waals surface area contributed by atoms with Gasteiger partial charge in [-0.2, -0.15) is 0 Å². The number of hydrogen-bond donors (Lipinski definition) is 0. The van der Waals surface area contributed by atoms with Crippen molar-refractivity contribution in [1.82, 2.24) is 14.1 Å². The van der Waals surface area contributed by atoms with E-state index in [9.17, 15) is 9.59 Å². The molecule has 0 amide bonds. The molecule has 3 aromatic rings. The molecule has 30 heavy (non-hydrogen) atoms. The summed E-state index contributed by atoms with van der Waals surface area (Å²) in [5.41, 5.74) is 3.31. The number of carbonyl (C=O) groups excluding carboxylic acids is 1. The van der Waals surface area contributed by atoms with E-state index in [0.717, 1.165) is 17.8 Å². The Hall–Kier alpha value is -2.38. The molecule has 0 saturated carbocycles. The van der Waals surface area contributed by atoms with Gasteiger partial charge >= 0.3 is 0 Å². The predicted molar refractivity (Wildman–Crippen MR) is 122 cm³/mol. The highest BCUT2D eigenvalue weighted by Gasteiger charge is 2.19. The number of ether oxygens (including phenoxy) is 1. The van der Waals surface area contributed by atoms with E-state index in [1.165, 1.54) is 11.8 Å². The Bertz CT molecular complexity index is 1120. The molecule has 0 spiro atoms. The van der Waals surface area contributed by atoms with E-state index < -0.39 is 0 Å². The van der Waals surface area contributed by atoms with Gasteiger partial charge in [0.2, 0.25) is 0 Å². The Balaban J connectivity index is 1.90. The molecule has 2 aromatic heterocycles. The van der Waals surface area contributed by atoms with Crippen molar-refractivity contribution in [3.63, 3.8) is 0 Å². The zero-order valence-electron chi connectivity index (χ0n) is 18.3.